The van der Waals surface area contributed by atoms with Gasteiger partial charge in [-0.1, -0.05) is 29.8 Å². The number of nitrogens with two attached hydrogens (primary N) is 1. The summed E-state index contributed by atoms with van der Waals surface area (Å²) in [6.07, 6.45) is 1.90. The standard InChI is InChI=1S/C14H21BrN2OS/c1-9(2)19-8-13(17-16)7-11-6-12(15)5-10-3-4-18-14(10)11/h5-6,9,13,17H,3-4,7-8,16H2,1-2H3. The maximum atomic E-state index is 5.76. The van der Waals surface area contributed by atoms with E-state index in [0.29, 0.717) is 5.25 Å². The highest BCUT2D eigenvalue weighted by Gasteiger charge is 2.20. The van der Waals surface area contributed by atoms with Crippen LogP contribution in [0, 0.1) is 0 Å². The monoisotopic (exact) mass is 344 g/mol. The topological polar surface area (TPSA) is 47.3 Å². The molecule has 1 aromatic rings. The number of hydrazine groups is 1. The van der Waals surface area contributed by atoms with Crippen LogP contribution in [0.25, 0.3) is 0 Å². The van der Waals surface area contributed by atoms with Crippen LogP contribution in [0.2, 0.25) is 0 Å². The molecule has 2 rings (SSSR count). The fraction of sp³-hybridized carbons (Fsp3) is 0.571. The molecule has 5 heteroatoms. The highest BCUT2D eigenvalue weighted by molar-refractivity contribution is 9.10. The molecule has 0 radical (unpaired) electrons. The molecule has 106 valence electrons. The lowest BCUT2D eigenvalue weighted by Crippen LogP contribution is -2.39. The lowest BCUT2D eigenvalue weighted by molar-refractivity contribution is 0.352. The fourth-order valence-electron chi connectivity index (χ4n) is 2.24. The lowest BCUT2D eigenvalue weighted by Gasteiger charge is -2.18. The quantitative estimate of drug-likeness (QED) is 0.615. The summed E-state index contributed by atoms with van der Waals surface area (Å²) in [5, 5.41) is 0.625. The summed E-state index contributed by atoms with van der Waals surface area (Å²) < 4.78 is 6.88. The van der Waals surface area contributed by atoms with Gasteiger partial charge in [-0.25, -0.2) is 0 Å². The van der Waals surface area contributed by atoms with Crippen molar-refractivity contribution in [1.82, 2.24) is 5.43 Å². The maximum absolute atomic E-state index is 5.76. The first-order chi connectivity index (χ1) is 9.10. The molecule has 0 spiro atoms. The first-order valence-corrected chi connectivity index (χ1v) is 8.46. The lowest BCUT2D eigenvalue weighted by atomic mass is 10.0. The molecule has 1 heterocycles. The molecule has 1 aliphatic rings. The number of fused-ring (bicyclic) bond motifs is 1. The van der Waals surface area contributed by atoms with Crippen LogP contribution in [-0.4, -0.2) is 23.7 Å². The molecule has 19 heavy (non-hydrogen) atoms. The van der Waals surface area contributed by atoms with Crippen LogP contribution < -0.4 is 16.0 Å². The van der Waals surface area contributed by atoms with Crippen LogP contribution in [0.3, 0.4) is 0 Å². The minimum atomic E-state index is 0.273. The van der Waals surface area contributed by atoms with E-state index in [4.69, 9.17) is 10.6 Å². The fourth-order valence-corrected chi connectivity index (χ4v) is 3.62. The molecule has 0 fully saturated rings. The molecule has 0 bridgehead atoms. The van der Waals surface area contributed by atoms with Crippen molar-refractivity contribution in [3.8, 4) is 5.75 Å². The Bertz CT molecular complexity index is 440. The van der Waals surface area contributed by atoms with E-state index in [0.717, 1.165) is 35.4 Å². The second-order valence-corrected chi connectivity index (χ2v) is 7.63. The third-order valence-electron chi connectivity index (χ3n) is 3.16. The van der Waals surface area contributed by atoms with Gasteiger partial charge in [0.2, 0.25) is 0 Å². The van der Waals surface area contributed by atoms with Crippen molar-refractivity contribution in [2.75, 3.05) is 12.4 Å². The zero-order valence-corrected chi connectivity index (χ0v) is 13.8. The van der Waals surface area contributed by atoms with Crippen molar-refractivity contribution in [2.45, 2.75) is 38.0 Å². The molecular formula is C14H21BrN2OS. The van der Waals surface area contributed by atoms with Crippen molar-refractivity contribution < 1.29 is 4.74 Å². The average molecular weight is 345 g/mol. The predicted octanol–water partition coefficient (Wildman–Crippen LogP) is 2.90. The van der Waals surface area contributed by atoms with E-state index in [1.54, 1.807) is 0 Å². The SMILES string of the molecule is CC(C)SCC(Cc1cc(Br)cc2c1OCC2)NN. The van der Waals surface area contributed by atoms with Gasteiger partial charge in [0, 0.05) is 22.7 Å². The number of thioether (sulfide) groups is 1. The van der Waals surface area contributed by atoms with Gasteiger partial charge in [-0.15, -0.1) is 0 Å². The molecule has 0 amide bonds. The summed E-state index contributed by atoms with van der Waals surface area (Å²) in [7, 11) is 0. The van der Waals surface area contributed by atoms with Crippen molar-refractivity contribution >= 4 is 27.7 Å². The minimum absolute atomic E-state index is 0.273. The summed E-state index contributed by atoms with van der Waals surface area (Å²) >= 11 is 5.50. The number of nitrogens with one attached hydrogen (secondary N) is 1. The van der Waals surface area contributed by atoms with E-state index < -0.39 is 0 Å². The molecule has 0 aromatic heterocycles. The highest BCUT2D eigenvalue weighted by atomic mass is 79.9. The van der Waals surface area contributed by atoms with E-state index in [9.17, 15) is 0 Å². The smallest absolute Gasteiger partial charge is 0.125 e. The summed E-state index contributed by atoms with van der Waals surface area (Å²) in [5.41, 5.74) is 5.47. The Hall–Kier alpha value is -0.230. The van der Waals surface area contributed by atoms with Crippen LogP contribution in [0.15, 0.2) is 16.6 Å². The maximum Gasteiger partial charge on any atom is 0.125 e. The molecule has 0 saturated heterocycles. The largest absolute Gasteiger partial charge is 0.493 e. The molecule has 0 saturated carbocycles. The van der Waals surface area contributed by atoms with Gasteiger partial charge in [-0.05, 0) is 34.9 Å². The Morgan fingerprint density at radius 3 is 2.95 bits per heavy atom. The van der Waals surface area contributed by atoms with E-state index in [2.05, 4.69) is 47.3 Å². The van der Waals surface area contributed by atoms with Gasteiger partial charge in [-0.2, -0.15) is 11.8 Å². The van der Waals surface area contributed by atoms with Gasteiger partial charge >= 0.3 is 0 Å². The van der Waals surface area contributed by atoms with E-state index in [-0.39, 0.29) is 6.04 Å². The van der Waals surface area contributed by atoms with E-state index >= 15 is 0 Å². The number of rotatable bonds is 6. The molecule has 1 atom stereocenters. The van der Waals surface area contributed by atoms with Gasteiger partial charge in [0.25, 0.3) is 0 Å². The van der Waals surface area contributed by atoms with E-state index in [1.165, 1.54) is 11.1 Å². The van der Waals surface area contributed by atoms with Crippen LogP contribution in [-0.2, 0) is 12.8 Å². The second-order valence-electron chi connectivity index (χ2n) is 5.10. The third-order valence-corrected chi connectivity index (χ3v) is 4.88. The zero-order valence-electron chi connectivity index (χ0n) is 11.4. The zero-order chi connectivity index (χ0) is 13.8. The Balaban J connectivity index is 2.09. The highest BCUT2D eigenvalue weighted by Crippen LogP contribution is 2.33. The first-order valence-electron chi connectivity index (χ1n) is 6.62. The molecule has 3 nitrogen and oxygen atoms in total. The third kappa shape index (κ3) is 4.12. The van der Waals surface area contributed by atoms with Crippen LogP contribution in [0.1, 0.15) is 25.0 Å². The Kier molecular flexibility index (Phi) is 5.57. The van der Waals surface area contributed by atoms with Crippen molar-refractivity contribution in [3.05, 3.63) is 27.7 Å². The number of hydrogen-bond donors (Lipinski definition) is 2. The summed E-state index contributed by atoms with van der Waals surface area (Å²) in [6.45, 7) is 5.20. The average Bonchev–Trinajstić information content (AvgIpc) is 2.81. The molecule has 3 N–H and O–H groups in total. The van der Waals surface area contributed by atoms with Gasteiger partial charge in [0.1, 0.15) is 5.75 Å². The molecular weight excluding hydrogens is 324 g/mol. The van der Waals surface area contributed by atoms with Crippen LogP contribution in [0.5, 0.6) is 5.75 Å². The van der Waals surface area contributed by atoms with Gasteiger partial charge in [-0.3, -0.25) is 11.3 Å². The van der Waals surface area contributed by atoms with Crippen LogP contribution >= 0.6 is 27.7 Å². The minimum Gasteiger partial charge on any atom is -0.493 e. The van der Waals surface area contributed by atoms with Crippen molar-refractivity contribution in [2.24, 2.45) is 5.84 Å². The number of benzene rings is 1. The number of hydrogen-bond acceptors (Lipinski definition) is 4. The summed E-state index contributed by atoms with van der Waals surface area (Å²) in [5.74, 6) is 7.75. The first kappa shape index (κ1) is 15.2. The Labute approximate surface area is 127 Å². The van der Waals surface area contributed by atoms with Gasteiger partial charge < -0.3 is 4.74 Å². The second kappa shape index (κ2) is 6.97. The molecule has 1 aliphatic heterocycles. The molecule has 0 aliphatic carbocycles. The Morgan fingerprint density at radius 2 is 2.26 bits per heavy atom. The Morgan fingerprint density at radius 1 is 1.47 bits per heavy atom. The van der Waals surface area contributed by atoms with Gasteiger partial charge in [0.15, 0.2) is 0 Å². The van der Waals surface area contributed by atoms with Crippen molar-refractivity contribution in [1.29, 1.82) is 0 Å². The predicted molar refractivity (Wildman–Crippen MR) is 85.8 cm³/mol. The van der Waals surface area contributed by atoms with E-state index in [1.807, 2.05) is 11.8 Å². The summed E-state index contributed by atoms with van der Waals surface area (Å²) in [6, 6.07) is 4.57. The normalized spacial score (nSPS) is 15.4. The van der Waals surface area contributed by atoms with Crippen molar-refractivity contribution in [3.63, 3.8) is 0 Å². The number of ether oxygens (including phenoxy) is 1. The molecule has 1 aromatic carbocycles. The number of halogens is 1. The van der Waals surface area contributed by atoms with Gasteiger partial charge in [0.05, 0.1) is 6.61 Å². The van der Waals surface area contributed by atoms with Crippen LogP contribution in [0.4, 0.5) is 0 Å². The summed E-state index contributed by atoms with van der Waals surface area (Å²) in [4.78, 5) is 0. The molecule has 1 unspecified atom stereocenters.